The van der Waals surface area contributed by atoms with Crippen LogP contribution in [0.4, 0.5) is 10.1 Å². The van der Waals surface area contributed by atoms with Crippen molar-refractivity contribution in [3.8, 4) is 23.1 Å². The zero-order valence-electron chi connectivity index (χ0n) is 21.7. The first-order valence-electron chi connectivity index (χ1n) is 12.6. The van der Waals surface area contributed by atoms with Gasteiger partial charge < -0.3 is 14.0 Å². The first-order valence-corrected chi connectivity index (χ1v) is 13.0. The summed E-state index contributed by atoms with van der Waals surface area (Å²) < 4.78 is 27.3. The molecule has 1 aliphatic rings. The van der Waals surface area contributed by atoms with Gasteiger partial charge in [-0.3, -0.25) is 19.8 Å². The van der Waals surface area contributed by atoms with Gasteiger partial charge in [-0.2, -0.15) is 0 Å². The van der Waals surface area contributed by atoms with Crippen molar-refractivity contribution < 1.29 is 23.5 Å². The lowest BCUT2D eigenvalue weighted by molar-refractivity contribution is -0.122. The van der Waals surface area contributed by atoms with Gasteiger partial charge in [0.1, 0.15) is 28.6 Å². The number of nitrogens with zero attached hydrogens (tertiary/aromatic N) is 2. The van der Waals surface area contributed by atoms with Crippen molar-refractivity contribution in [3.05, 3.63) is 120 Å². The molecule has 2 heterocycles. The lowest BCUT2D eigenvalue weighted by Crippen LogP contribution is -2.54. The van der Waals surface area contributed by atoms with Crippen molar-refractivity contribution >= 4 is 51.8 Å². The van der Waals surface area contributed by atoms with Crippen LogP contribution in [-0.2, 0) is 16.6 Å². The van der Waals surface area contributed by atoms with Crippen LogP contribution >= 0.6 is 12.2 Å². The van der Waals surface area contributed by atoms with E-state index in [1.807, 2.05) is 66.2 Å². The maximum absolute atomic E-state index is 13.8. The number of anilines is 1. The molecule has 1 fully saturated rings. The molecule has 1 aromatic heterocycles. The lowest BCUT2D eigenvalue weighted by Gasteiger charge is -2.29. The van der Waals surface area contributed by atoms with Crippen LogP contribution < -0.4 is 19.7 Å². The number of halogens is 1. The van der Waals surface area contributed by atoms with Crippen molar-refractivity contribution in [1.82, 2.24) is 9.88 Å². The summed E-state index contributed by atoms with van der Waals surface area (Å²) in [6.45, 7) is 0. The predicted molar refractivity (Wildman–Crippen MR) is 159 cm³/mol. The highest BCUT2D eigenvalue weighted by molar-refractivity contribution is 7.80. The zero-order chi connectivity index (χ0) is 28.5. The maximum Gasteiger partial charge on any atom is 0.270 e. The van der Waals surface area contributed by atoms with Gasteiger partial charge in [-0.25, -0.2) is 4.39 Å². The summed E-state index contributed by atoms with van der Waals surface area (Å²) >= 11 is 5.38. The number of thiocarbonyl (C=S) groups is 1. The molecule has 5 aromatic rings. The van der Waals surface area contributed by atoms with E-state index in [0.29, 0.717) is 34.4 Å². The number of hydrogen-bond donors (Lipinski definition) is 1. The van der Waals surface area contributed by atoms with Gasteiger partial charge in [0.25, 0.3) is 11.8 Å². The minimum absolute atomic E-state index is 0.0328. The Kier molecular flexibility index (Phi) is 6.78. The van der Waals surface area contributed by atoms with Crippen LogP contribution in [0.15, 0.2) is 109 Å². The molecule has 41 heavy (non-hydrogen) atoms. The number of benzene rings is 4. The van der Waals surface area contributed by atoms with Gasteiger partial charge in [0.15, 0.2) is 5.11 Å². The number of carbonyl (C=O) groups excluding carboxylic acids is 2. The summed E-state index contributed by atoms with van der Waals surface area (Å²) in [5.41, 5.74) is 1.68. The van der Waals surface area contributed by atoms with Crippen molar-refractivity contribution in [1.29, 1.82) is 0 Å². The second kappa shape index (κ2) is 10.7. The Balaban J connectivity index is 1.37. The molecule has 2 amide bonds. The summed E-state index contributed by atoms with van der Waals surface area (Å²) in [7, 11) is 1.81. The van der Waals surface area contributed by atoms with E-state index in [0.717, 1.165) is 10.9 Å². The fourth-order valence-electron chi connectivity index (χ4n) is 4.60. The molecule has 0 bridgehead atoms. The third kappa shape index (κ3) is 5.06. The van der Waals surface area contributed by atoms with Crippen LogP contribution in [0.3, 0.4) is 0 Å². The number of para-hydroxylation sites is 2. The maximum atomic E-state index is 13.8. The summed E-state index contributed by atoms with van der Waals surface area (Å²) in [4.78, 5) is 28.1. The van der Waals surface area contributed by atoms with Gasteiger partial charge in [0.2, 0.25) is 5.88 Å². The fourth-order valence-corrected chi connectivity index (χ4v) is 4.88. The number of nitrogens with one attached hydrogen (secondary N) is 1. The fraction of sp³-hybridized carbons (Fsp3) is 0.0312. The smallest absolute Gasteiger partial charge is 0.270 e. The monoisotopic (exact) mass is 563 g/mol. The van der Waals surface area contributed by atoms with Gasteiger partial charge in [-0.1, -0.05) is 36.4 Å². The van der Waals surface area contributed by atoms with E-state index < -0.39 is 17.6 Å². The number of amides is 2. The third-order valence-corrected chi connectivity index (χ3v) is 6.87. The average Bonchev–Trinajstić information content (AvgIpc) is 3.24. The Morgan fingerprint density at radius 1 is 0.780 bits per heavy atom. The molecule has 1 saturated heterocycles. The zero-order valence-corrected chi connectivity index (χ0v) is 22.5. The number of hydrogen-bond acceptors (Lipinski definition) is 5. The second-order valence-electron chi connectivity index (χ2n) is 9.22. The molecule has 7 nitrogen and oxygen atoms in total. The normalized spacial score (nSPS) is 14.4. The van der Waals surface area contributed by atoms with Gasteiger partial charge in [0.05, 0.1) is 11.2 Å². The minimum atomic E-state index is -0.624. The molecule has 9 heteroatoms. The quantitative estimate of drug-likeness (QED) is 0.141. The number of rotatable bonds is 6. The summed E-state index contributed by atoms with van der Waals surface area (Å²) in [5.74, 6) is 0.434. The van der Waals surface area contributed by atoms with Gasteiger partial charge in [0, 0.05) is 18.0 Å². The number of carbonyl (C=O) groups is 2. The molecule has 6 rings (SSSR count). The molecular weight excluding hydrogens is 541 g/mol. The molecule has 1 N–H and O–H groups in total. The van der Waals surface area contributed by atoms with Crippen LogP contribution in [0, 0.1) is 5.82 Å². The van der Waals surface area contributed by atoms with E-state index in [4.69, 9.17) is 21.7 Å². The Bertz CT molecular complexity index is 1830. The van der Waals surface area contributed by atoms with Crippen LogP contribution in [0.2, 0.25) is 0 Å². The van der Waals surface area contributed by atoms with Crippen molar-refractivity contribution in [2.75, 3.05) is 4.90 Å². The number of fused-ring (bicyclic) bond motifs is 1. The highest BCUT2D eigenvalue weighted by atomic mass is 32.1. The summed E-state index contributed by atoms with van der Waals surface area (Å²) in [5, 5.41) is 3.36. The number of aromatic nitrogens is 1. The van der Waals surface area contributed by atoms with E-state index in [2.05, 4.69) is 5.32 Å². The molecule has 0 aliphatic carbocycles. The van der Waals surface area contributed by atoms with Crippen LogP contribution in [0.1, 0.15) is 5.56 Å². The molecular formula is C32H22FN3O4S. The van der Waals surface area contributed by atoms with Crippen LogP contribution in [-0.4, -0.2) is 21.5 Å². The number of aryl methyl sites for hydroxylation is 1. The van der Waals surface area contributed by atoms with E-state index in [-0.39, 0.29) is 10.7 Å². The Morgan fingerprint density at radius 3 is 2.12 bits per heavy atom. The first kappa shape index (κ1) is 26.0. The second-order valence-corrected chi connectivity index (χ2v) is 9.60. The van der Waals surface area contributed by atoms with E-state index >= 15 is 0 Å². The Morgan fingerprint density at radius 2 is 1.39 bits per heavy atom. The predicted octanol–water partition coefficient (Wildman–Crippen LogP) is 6.73. The van der Waals surface area contributed by atoms with Crippen LogP contribution in [0.5, 0.6) is 23.1 Å². The molecule has 4 aromatic carbocycles. The number of ether oxygens (including phenoxy) is 2. The van der Waals surface area contributed by atoms with Crippen molar-refractivity contribution in [2.24, 2.45) is 7.05 Å². The molecule has 0 unspecified atom stereocenters. The largest absolute Gasteiger partial charge is 0.457 e. The van der Waals surface area contributed by atoms with E-state index in [1.165, 1.54) is 35.2 Å². The van der Waals surface area contributed by atoms with E-state index in [9.17, 15) is 14.0 Å². The lowest BCUT2D eigenvalue weighted by atomic mass is 10.1. The topological polar surface area (TPSA) is 72.8 Å². The first-order chi connectivity index (χ1) is 19.9. The minimum Gasteiger partial charge on any atom is -0.457 e. The third-order valence-electron chi connectivity index (χ3n) is 6.58. The summed E-state index contributed by atoms with van der Waals surface area (Å²) in [6.07, 6.45) is 1.50. The Hall–Kier alpha value is -5.28. The molecule has 1 aliphatic heterocycles. The standard InChI is InChI=1S/C32H22FN3O4S/c1-35-28-10-6-5-9-25(28)26(31(35)40-24-15-11-20(33)12-16-24)19-27-29(37)34-32(41)36(30(27)38)21-13-17-23(18-14-21)39-22-7-3-2-4-8-22/h2-19H,1H3,(H,34,37,41). The molecule has 0 spiro atoms. The molecule has 0 saturated carbocycles. The van der Waals surface area contributed by atoms with Gasteiger partial charge in [-0.15, -0.1) is 0 Å². The Labute approximate surface area is 240 Å². The SMILES string of the molecule is Cn1c(Oc2ccc(F)cc2)c(C=C2C(=O)NC(=S)N(c3ccc(Oc4ccccc4)cc3)C2=O)c2ccccc21. The van der Waals surface area contributed by atoms with Gasteiger partial charge >= 0.3 is 0 Å². The van der Waals surface area contributed by atoms with Crippen LogP contribution in [0.25, 0.3) is 17.0 Å². The average molecular weight is 564 g/mol. The van der Waals surface area contributed by atoms with Crippen molar-refractivity contribution in [3.63, 3.8) is 0 Å². The summed E-state index contributed by atoms with van der Waals surface area (Å²) in [6, 6.07) is 29.3. The molecule has 0 atom stereocenters. The van der Waals surface area contributed by atoms with Gasteiger partial charge in [-0.05, 0) is 85.0 Å². The molecule has 202 valence electrons. The highest BCUT2D eigenvalue weighted by Gasteiger charge is 2.35. The molecule has 0 radical (unpaired) electrons. The van der Waals surface area contributed by atoms with Crippen molar-refractivity contribution in [2.45, 2.75) is 0 Å². The highest BCUT2D eigenvalue weighted by Crippen LogP contribution is 2.37. The van der Waals surface area contributed by atoms with E-state index in [1.54, 1.807) is 24.3 Å².